The fraction of sp³-hybridized carbons (Fsp3) is 0.789. The third kappa shape index (κ3) is 3.11. The maximum absolute atomic E-state index is 12.9. The lowest BCUT2D eigenvalue weighted by atomic mass is 9.69. The fourth-order valence-electron chi connectivity index (χ4n) is 5.47. The predicted molar refractivity (Wildman–Crippen MR) is 104 cm³/mol. The molecule has 1 aromatic heterocycles. The van der Waals surface area contributed by atoms with Gasteiger partial charge in [0, 0.05) is 19.1 Å². The zero-order valence-electron chi connectivity index (χ0n) is 16.3. The van der Waals surface area contributed by atoms with E-state index in [-0.39, 0.29) is 34.7 Å². The number of piperidine rings is 1. The third-order valence-electron chi connectivity index (χ3n) is 7.76. The molecule has 148 valence electrons. The summed E-state index contributed by atoms with van der Waals surface area (Å²) >= 11 is 1.30. The molecule has 4 rings (SSSR count). The van der Waals surface area contributed by atoms with Crippen molar-refractivity contribution in [2.24, 2.45) is 22.7 Å². The van der Waals surface area contributed by atoms with Gasteiger partial charge in [-0.1, -0.05) is 32.1 Å². The molecule has 4 atom stereocenters. The van der Waals surface area contributed by atoms with E-state index in [9.17, 15) is 9.59 Å². The summed E-state index contributed by atoms with van der Waals surface area (Å²) in [6, 6.07) is 0.215. The zero-order chi connectivity index (χ0) is 19.2. The first kappa shape index (κ1) is 18.7. The van der Waals surface area contributed by atoms with Crippen molar-refractivity contribution in [2.45, 2.75) is 58.9 Å². The van der Waals surface area contributed by atoms with Crippen molar-refractivity contribution in [3.8, 4) is 0 Å². The summed E-state index contributed by atoms with van der Waals surface area (Å²) in [5, 5.41) is 14.2. The highest BCUT2D eigenvalue weighted by Gasteiger charge is 2.61. The van der Waals surface area contributed by atoms with Crippen molar-refractivity contribution in [3.05, 3.63) is 5.51 Å². The number of carbonyl (C=O) groups is 2. The lowest BCUT2D eigenvalue weighted by Crippen LogP contribution is -2.54. The lowest BCUT2D eigenvalue weighted by molar-refractivity contribution is -0.121. The zero-order valence-corrected chi connectivity index (χ0v) is 17.1. The Morgan fingerprint density at radius 2 is 2.11 bits per heavy atom. The lowest BCUT2D eigenvalue weighted by Gasteiger charge is -2.41. The number of amides is 3. The van der Waals surface area contributed by atoms with Gasteiger partial charge in [0.25, 0.3) is 0 Å². The Hall–Kier alpha value is -1.70. The Morgan fingerprint density at radius 1 is 1.30 bits per heavy atom. The average molecular weight is 392 g/mol. The molecule has 2 heterocycles. The first-order chi connectivity index (χ1) is 12.8. The van der Waals surface area contributed by atoms with Crippen molar-refractivity contribution in [1.82, 2.24) is 20.4 Å². The summed E-state index contributed by atoms with van der Waals surface area (Å²) in [4.78, 5) is 27.2. The van der Waals surface area contributed by atoms with E-state index in [0.29, 0.717) is 24.1 Å². The number of carbonyl (C=O) groups excluding carboxylic acids is 2. The summed E-state index contributed by atoms with van der Waals surface area (Å²) in [5.41, 5.74) is 2.03. The summed E-state index contributed by atoms with van der Waals surface area (Å²) in [7, 11) is 0. The highest BCUT2D eigenvalue weighted by molar-refractivity contribution is 7.13. The number of fused-ring (bicyclic) bond motifs is 2. The summed E-state index contributed by atoms with van der Waals surface area (Å²) in [6.45, 7) is 8.22. The maximum Gasteiger partial charge on any atom is 0.317 e. The molecule has 3 fully saturated rings. The molecule has 0 unspecified atom stereocenters. The Kier molecular flexibility index (Phi) is 4.64. The van der Waals surface area contributed by atoms with Crippen LogP contribution in [0.15, 0.2) is 5.51 Å². The highest BCUT2D eigenvalue weighted by atomic mass is 32.1. The molecule has 2 saturated carbocycles. The highest BCUT2D eigenvalue weighted by Crippen LogP contribution is 2.65. The molecule has 7 nitrogen and oxygen atoms in total. The standard InChI is InChI=1S/C19H29N5O2S/c1-18(2)13-6-7-19(18,3)14(9-13)21-17(26)24-8-4-5-12(10-24)15(25)22-16-23-20-11-27-16/h11-14H,4-10H2,1-3H3,(H,21,26)(H,22,23,25)/t12-,13-,14+,19-/m0/s1. The van der Waals surface area contributed by atoms with Crippen LogP contribution in [0.5, 0.6) is 0 Å². The molecule has 2 aliphatic carbocycles. The summed E-state index contributed by atoms with van der Waals surface area (Å²) in [5.74, 6) is 0.428. The van der Waals surface area contributed by atoms with E-state index >= 15 is 0 Å². The van der Waals surface area contributed by atoms with Gasteiger partial charge < -0.3 is 15.5 Å². The van der Waals surface area contributed by atoms with Gasteiger partial charge in [-0.15, -0.1) is 10.2 Å². The Labute approximate surface area is 164 Å². The van der Waals surface area contributed by atoms with Crippen LogP contribution in [0.4, 0.5) is 9.93 Å². The van der Waals surface area contributed by atoms with Gasteiger partial charge in [0.2, 0.25) is 11.0 Å². The number of nitrogens with zero attached hydrogens (tertiary/aromatic N) is 3. The molecule has 8 heteroatoms. The van der Waals surface area contributed by atoms with Crippen LogP contribution in [0.3, 0.4) is 0 Å². The van der Waals surface area contributed by atoms with Crippen LogP contribution in [-0.4, -0.2) is 46.2 Å². The van der Waals surface area contributed by atoms with E-state index < -0.39 is 0 Å². The van der Waals surface area contributed by atoms with E-state index in [1.807, 2.05) is 4.90 Å². The number of rotatable bonds is 3. The first-order valence-corrected chi connectivity index (χ1v) is 10.8. The number of nitrogens with one attached hydrogen (secondary N) is 2. The number of likely N-dealkylation sites (tertiary alicyclic amines) is 1. The van der Waals surface area contributed by atoms with Crippen LogP contribution >= 0.6 is 11.3 Å². The van der Waals surface area contributed by atoms with Crippen molar-refractivity contribution >= 4 is 28.4 Å². The molecule has 2 bridgehead atoms. The van der Waals surface area contributed by atoms with Crippen molar-refractivity contribution in [2.75, 3.05) is 18.4 Å². The molecule has 0 spiro atoms. The molecule has 2 N–H and O–H groups in total. The normalized spacial score (nSPS) is 34.5. The average Bonchev–Trinajstić information content (AvgIpc) is 3.28. The van der Waals surface area contributed by atoms with Gasteiger partial charge >= 0.3 is 6.03 Å². The van der Waals surface area contributed by atoms with E-state index in [1.54, 1.807) is 5.51 Å². The smallest absolute Gasteiger partial charge is 0.317 e. The minimum atomic E-state index is -0.194. The molecule has 0 aromatic carbocycles. The summed E-state index contributed by atoms with van der Waals surface area (Å²) in [6.07, 6.45) is 5.17. The number of urea groups is 1. The van der Waals surface area contributed by atoms with Crippen LogP contribution in [0, 0.1) is 22.7 Å². The van der Waals surface area contributed by atoms with Gasteiger partial charge in [-0.25, -0.2) is 4.79 Å². The van der Waals surface area contributed by atoms with Crippen LogP contribution in [-0.2, 0) is 4.79 Å². The van der Waals surface area contributed by atoms with Gasteiger partial charge in [-0.2, -0.15) is 0 Å². The van der Waals surface area contributed by atoms with Gasteiger partial charge in [0.05, 0.1) is 5.92 Å². The van der Waals surface area contributed by atoms with Gasteiger partial charge in [0.1, 0.15) is 5.51 Å². The molecule has 3 aliphatic rings. The number of hydrogen-bond donors (Lipinski definition) is 2. The topological polar surface area (TPSA) is 87.2 Å². The first-order valence-electron chi connectivity index (χ1n) is 9.94. The second-order valence-corrected chi connectivity index (χ2v) is 9.96. The van der Waals surface area contributed by atoms with Crippen LogP contribution in [0.1, 0.15) is 52.9 Å². The van der Waals surface area contributed by atoms with Gasteiger partial charge in [-0.05, 0) is 48.9 Å². The quantitative estimate of drug-likeness (QED) is 0.829. The molecule has 1 aromatic rings. The number of aromatic nitrogens is 2. The largest absolute Gasteiger partial charge is 0.335 e. The molecule has 1 saturated heterocycles. The van der Waals surface area contributed by atoms with Gasteiger partial charge in [-0.3, -0.25) is 4.79 Å². The minimum Gasteiger partial charge on any atom is -0.335 e. The van der Waals surface area contributed by atoms with Crippen molar-refractivity contribution < 1.29 is 9.59 Å². The second-order valence-electron chi connectivity index (χ2n) is 9.13. The summed E-state index contributed by atoms with van der Waals surface area (Å²) < 4.78 is 0. The second kappa shape index (κ2) is 6.72. The van der Waals surface area contributed by atoms with Crippen LogP contribution < -0.4 is 10.6 Å². The maximum atomic E-state index is 12.9. The molecule has 1 aliphatic heterocycles. The van der Waals surface area contributed by atoms with Crippen molar-refractivity contribution in [3.63, 3.8) is 0 Å². The van der Waals surface area contributed by atoms with Crippen LogP contribution in [0.2, 0.25) is 0 Å². The van der Waals surface area contributed by atoms with E-state index in [1.165, 1.54) is 24.2 Å². The Morgan fingerprint density at radius 3 is 2.74 bits per heavy atom. The molecule has 0 radical (unpaired) electrons. The molecular weight excluding hydrogens is 362 g/mol. The molecular formula is C19H29N5O2S. The molecule has 3 amide bonds. The van der Waals surface area contributed by atoms with Crippen LogP contribution in [0.25, 0.3) is 0 Å². The van der Waals surface area contributed by atoms with Crippen molar-refractivity contribution in [1.29, 1.82) is 0 Å². The monoisotopic (exact) mass is 391 g/mol. The van der Waals surface area contributed by atoms with Gasteiger partial charge in [0.15, 0.2) is 0 Å². The SMILES string of the molecule is CC1(C)[C@H]2CC[C@@]1(C)[C@H](NC(=O)N1CCC[C@H](C(=O)Nc3nncs3)C1)C2. The number of anilines is 1. The Balaban J connectivity index is 1.36. The number of hydrogen-bond acceptors (Lipinski definition) is 5. The van der Waals surface area contributed by atoms with E-state index in [2.05, 4.69) is 41.6 Å². The van der Waals surface area contributed by atoms with E-state index in [4.69, 9.17) is 0 Å². The predicted octanol–water partition coefficient (Wildman–Crippen LogP) is 3.11. The van der Waals surface area contributed by atoms with E-state index in [0.717, 1.165) is 19.3 Å². The Bertz CT molecular complexity index is 722. The molecule has 27 heavy (non-hydrogen) atoms. The third-order valence-corrected chi connectivity index (χ3v) is 8.37. The fourth-order valence-corrected chi connectivity index (χ4v) is 5.92. The minimum absolute atomic E-state index is 0.0157.